The molecule has 654 valence electrons. The molecule has 0 fully saturated rings. The quantitative estimate of drug-likeness (QED) is 0.0222. The molecular formula is C91H178O17P2. The summed E-state index contributed by atoms with van der Waals surface area (Å²) in [5, 5.41) is 10.7. The van der Waals surface area contributed by atoms with Crippen LogP contribution in [0.4, 0.5) is 0 Å². The highest BCUT2D eigenvalue weighted by Crippen LogP contribution is 2.45. The molecule has 0 aliphatic rings. The van der Waals surface area contributed by atoms with Gasteiger partial charge in [-0.25, -0.2) is 9.13 Å². The number of phosphoric ester groups is 2. The van der Waals surface area contributed by atoms with E-state index in [2.05, 4.69) is 41.5 Å². The topological polar surface area (TPSA) is 237 Å². The summed E-state index contributed by atoms with van der Waals surface area (Å²) in [4.78, 5) is 73.4. The molecule has 110 heavy (non-hydrogen) atoms. The van der Waals surface area contributed by atoms with E-state index in [4.69, 9.17) is 37.0 Å². The highest BCUT2D eigenvalue weighted by molar-refractivity contribution is 7.47. The summed E-state index contributed by atoms with van der Waals surface area (Å²) >= 11 is 0. The Hall–Kier alpha value is -1.94. The number of esters is 4. The molecule has 0 aromatic carbocycles. The minimum atomic E-state index is -4.97. The van der Waals surface area contributed by atoms with Gasteiger partial charge in [0.2, 0.25) is 0 Å². The van der Waals surface area contributed by atoms with E-state index in [1.54, 1.807) is 0 Å². The van der Waals surface area contributed by atoms with Crippen molar-refractivity contribution in [3.63, 3.8) is 0 Å². The molecule has 0 aliphatic carbocycles. The van der Waals surface area contributed by atoms with Crippen LogP contribution in [0.15, 0.2) is 0 Å². The first-order chi connectivity index (χ1) is 53.4. The lowest BCUT2D eigenvalue weighted by Crippen LogP contribution is -2.30. The third-order valence-electron chi connectivity index (χ3n) is 21.8. The molecule has 0 spiro atoms. The highest BCUT2D eigenvalue weighted by atomic mass is 31.2. The van der Waals surface area contributed by atoms with Gasteiger partial charge in [0.05, 0.1) is 26.4 Å². The number of aliphatic hydroxyl groups excluding tert-OH is 1. The summed E-state index contributed by atoms with van der Waals surface area (Å²) in [7, 11) is -9.94. The number of rotatable bonds is 90. The zero-order valence-corrected chi connectivity index (χ0v) is 74.4. The number of carbonyl (C=O) groups is 4. The van der Waals surface area contributed by atoms with Gasteiger partial charge in [0.1, 0.15) is 19.3 Å². The lowest BCUT2D eigenvalue weighted by molar-refractivity contribution is -0.161. The SMILES string of the molecule is CCCCCCCCCCCCCCCCCCCCCCCC(=O)OC[C@H](COP(=O)(O)OC[C@@H](O)COP(=O)(O)OC[C@@H](COC(=O)CCCCCCCCCCC(C)CC)OC(=O)CCCCCCCCCCCCCCCC(C)C)OC(=O)CCCCCCCCCCCCCCCCCCCCCCC. The highest BCUT2D eigenvalue weighted by Gasteiger charge is 2.31. The Balaban J connectivity index is 5.24. The molecule has 3 N–H and O–H groups in total. The molecule has 0 heterocycles. The van der Waals surface area contributed by atoms with Crippen LogP contribution in [-0.4, -0.2) is 96.7 Å². The first kappa shape index (κ1) is 108. The van der Waals surface area contributed by atoms with Gasteiger partial charge >= 0.3 is 39.5 Å². The summed E-state index contributed by atoms with van der Waals surface area (Å²) in [6.45, 7) is 9.72. The Morgan fingerprint density at radius 1 is 0.264 bits per heavy atom. The van der Waals surface area contributed by atoms with Gasteiger partial charge in [-0.15, -0.1) is 0 Å². The molecule has 6 atom stereocenters. The predicted molar refractivity (Wildman–Crippen MR) is 455 cm³/mol. The Morgan fingerprint density at radius 2 is 0.464 bits per heavy atom. The van der Waals surface area contributed by atoms with Crippen molar-refractivity contribution in [2.24, 2.45) is 11.8 Å². The van der Waals surface area contributed by atoms with Gasteiger partial charge in [-0.3, -0.25) is 37.3 Å². The first-order valence-corrected chi connectivity index (χ1v) is 50.0. The van der Waals surface area contributed by atoms with Gasteiger partial charge in [-0.2, -0.15) is 0 Å². The molecule has 0 radical (unpaired) electrons. The van der Waals surface area contributed by atoms with Crippen molar-refractivity contribution >= 4 is 39.5 Å². The molecule has 0 rings (SSSR count). The number of phosphoric acid groups is 2. The van der Waals surface area contributed by atoms with E-state index < -0.39 is 97.5 Å². The Labute approximate surface area is 677 Å². The maximum absolute atomic E-state index is 13.2. The van der Waals surface area contributed by atoms with Crippen molar-refractivity contribution in [2.45, 2.75) is 509 Å². The maximum Gasteiger partial charge on any atom is 0.472 e. The van der Waals surface area contributed by atoms with Crippen molar-refractivity contribution < 1.29 is 80.2 Å². The zero-order chi connectivity index (χ0) is 80.6. The molecule has 0 aromatic heterocycles. The van der Waals surface area contributed by atoms with Crippen molar-refractivity contribution in [2.75, 3.05) is 39.6 Å². The molecular weight excluding hydrogens is 1430 g/mol. The molecule has 0 aliphatic heterocycles. The molecule has 3 unspecified atom stereocenters. The van der Waals surface area contributed by atoms with E-state index in [9.17, 15) is 43.2 Å². The number of aliphatic hydroxyl groups is 1. The van der Waals surface area contributed by atoms with Crippen LogP contribution < -0.4 is 0 Å². The van der Waals surface area contributed by atoms with Crippen LogP contribution in [0.3, 0.4) is 0 Å². The lowest BCUT2D eigenvalue weighted by Gasteiger charge is -2.21. The fourth-order valence-electron chi connectivity index (χ4n) is 14.3. The van der Waals surface area contributed by atoms with E-state index in [0.717, 1.165) is 102 Å². The number of unbranched alkanes of at least 4 members (excludes halogenated alkanes) is 59. The van der Waals surface area contributed by atoms with Crippen molar-refractivity contribution in [1.82, 2.24) is 0 Å². The lowest BCUT2D eigenvalue weighted by atomic mass is 9.99. The van der Waals surface area contributed by atoms with Gasteiger partial charge in [-0.05, 0) is 37.5 Å². The smallest absolute Gasteiger partial charge is 0.462 e. The molecule has 0 amide bonds. The van der Waals surface area contributed by atoms with Gasteiger partial charge in [-0.1, -0.05) is 440 Å². The van der Waals surface area contributed by atoms with Crippen LogP contribution in [0.5, 0.6) is 0 Å². The summed E-state index contributed by atoms with van der Waals surface area (Å²) in [6, 6.07) is 0. The van der Waals surface area contributed by atoms with Gasteiger partial charge < -0.3 is 33.8 Å². The van der Waals surface area contributed by atoms with Gasteiger partial charge in [0.25, 0.3) is 0 Å². The minimum Gasteiger partial charge on any atom is -0.462 e. The average Bonchev–Trinajstić information content (AvgIpc) is 0.899. The fraction of sp³-hybridized carbons (Fsp3) is 0.956. The standard InChI is InChI=1S/C91H178O17P2/c1-7-10-12-14-16-18-20-22-24-26-28-30-32-34-36-40-44-48-55-61-67-73-88(93)101-79-86(107-90(95)75-69-63-57-49-45-41-37-35-33-31-29-27-25-23-21-19-17-15-13-11-8-2)81-105-109(97,98)103-77-85(92)78-104-110(99,100)106-82-87(80-102-89(94)74-68-62-56-52-51-54-60-66-72-84(6)9-3)108-91(96)76-70-64-58-50-46-42-38-39-43-47-53-59-65-71-83(4)5/h83-87,92H,7-82H2,1-6H3,(H,97,98)(H,99,100)/t84?,85-,86-,87-/m1/s1. The third kappa shape index (κ3) is 82.6. The van der Waals surface area contributed by atoms with Crippen molar-refractivity contribution in [3.8, 4) is 0 Å². The summed E-state index contributed by atoms with van der Waals surface area (Å²) in [5.41, 5.74) is 0. The van der Waals surface area contributed by atoms with Crippen LogP contribution in [0.1, 0.15) is 491 Å². The van der Waals surface area contributed by atoms with Gasteiger partial charge in [0, 0.05) is 25.7 Å². The Bertz CT molecular complexity index is 2100. The predicted octanol–water partition coefficient (Wildman–Crippen LogP) is 28.2. The summed E-state index contributed by atoms with van der Waals surface area (Å²) < 4.78 is 69.1. The molecule has 0 bridgehead atoms. The monoisotopic (exact) mass is 1610 g/mol. The summed E-state index contributed by atoms with van der Waals surface area (Å²) in [6.07, 6.45) is 76.5. The second-order valence-electron chi connectivity index (χ2n) is 33.4. The van der Waals surface area contributed by atoms with E-state index in [0.29, 0.717) is 25.7 Å². The van der Waals surface area contributed by atoms with Crippen molar-refractivity contribution in [1.29, 1.82) is 0 Å². The van der Waals surface area contributed by atoms with Crippen LogP contribution in [0.25, 0.3) is 0 Å². The molecule has 17 nitrogen and oxygen atoms in total. The first-order valence-electron chi connectivity index (χ1n) is 47.0. The zero-order valence-electron chi connectivity index (χ0n) is 72.6. The van der Waals surface area contributed by atoms with Crippen LogP contribution in [0, 0.1) is 11.8 Å². The third-order valence-corrected chi connectivity index (χ3v) is 23.7. The van der Waals surface area contributed by atoms with E-state index in [-0.39, 0.29) is 25.7 Å². The largest absolute Gasteiger partial charge is 0.472 e. The second-order valence-corrected chi connectivity index (χ2v) is 36.3. The maximum atomic E-state index is 13.2. The van der Waals surface area contributed by atoms with Crippen molar-refractivity contribution in [3.05, 3.63) is 0 Å². The fourth-order valence-corrected chi connectivity index (χ4v) is 15.9. The van der Waals surface area contributed by atoms with Gasteiger partial charge in [0.15, 0.2) is 12.2 Å². The Kier molecular flexibility index (Phi) is 80.7. The van der Waals surface area contributed by atoms with Crippen LogP contribution in [0.2, 0.25) is 0 Å². The number of hydrogen-bond donors (Lipinski definition) is 3. The van der Waals surface area contributed by atoms with Crippen LogP contribution >= 0.6 is 15.6 Å². The number of carbonyl (C=O) groups excluding carboxylic acids is 4. The number of hydrogen-bond acceptors (Lipinski definition) is 15. The summed E-state index contributed by atoms with van der Waals surface area (Å²) in [5.74, 6) is -0.534. The number of ether oxygens (including phenoxy) is 4. The average molecular weight is 1610 g/mol. The minimum absolute atomic E-state index is 0.107. The normalized spacial score (nSPS) is 14.0. The van der Waals surface area contributed by atoms with E-state index in [1.165, 1.54) is 308 Å². The van der Waals surface area contributed by atoms with Crippen LogP contribution in [-0.2, 0) is 65.4 Å². The molecule has 19 heteroatoms. The molecule has 0 saturated heterocycles. The van der Waals surface area contributed by atoms with E-state index >= 15 is 0 Å². The second kappa shape index (κ2) is 82.2. The molecule has 0 saturated carbocycles. The Morgan fingerprint density at radius 3 is 0.691 bits per heavy atom. The van der Waals surface area contributed by atoms with E-state index in [1.807, 2.05) is 0 Å². The molecule has 0 aromatic rings.